The summed E-state index contributed by atoms with van der Waals surface area (Å²) in [5.41, 5.74) is 7.34. The van der Waals surface area contributed by atoms with E-state index in [0.717, 1.165) is 10.2 Å². The van der Waals surface area contributed by atoms with Crippen LogP contribution in [0.4, 0.5) is 0 Å². The number of rotatable bonds is 0. The largest absolute Gasteiger partial charge is 0.326 e. The van der Waals surface area contributed by atoms with Gasteiger partial charge in [0.1, 0.15) is 0 Å². The van der Waals surface area contributed by atoms with Crippen LogP contribution in [-0.2, 0) is 0 Å². The van der Waals surface area contributed by atoms with Crippen LogP contribution in [0.5, 0.6) is 0 Å². The molecule has 0 amide bonds. The van der Waals surface area contributed by atoms with Gasteiger partial charge in [-0.15, -0.1) is 11.8 Å². The SMILES string of the molecule is N[C@@H]1CSC=C2C=CC(Br)=C[C@H]21. The molecule has 0 spiro atoms. The van der Waals surface area contributed by atoms with Gasteiger partial charge in [-0.2, -0.15) is 0 Å². The normalized spacial score (nSPS) is 33.8. The first kappa shape index (κ1) is 8.60. The molecule has 3 heteroatoms. The molecule has 0 saturated heterocycles. The molecule has 2 N–H and O–H groups in total. The first-order chi connectivity index (χ1) is 5.77. The van der Waals surface area contributed by atoms with Crippen LogP contribution in [-0.4, -0.2) is 11.8 Å². The third kappa shape index (κ3) is 1.53. The molecule has 64 valence electrons. The summed E-state index contributed by atoms with van der Waals surface area (Å²) in [4.78, 5) is 0. The molecule has 0 saturated carbocycles. The van der Waals surface area contributed by atoms with Gasteiger partial charge in [0.25, 0.3) is 0 Å². The van der Waals surface area contributed by atoms with E-state index in [0.29, 0.717) is 5.92 Å². The Labute approximate surface area is 84.9 Å². The van der Waals surface area contributed by atoms with E-state index >= 15 is 0 Å². The van der Waals surface area contributed by atoms with Crippen LogP contribution in [0.3, 0.4) is 0 Å². The molecule has 0 aromatic carbocycles. The van der Waals surface area contributed by atoms with E-state index in [-0.39, 0.29) is 6.04 Å². The van der Waals surface area contributed by atoms with E-state index in [2.05, 4.69) is 39.6 Å². The van der Waals surface area contributed by atoms with Crippen molar-refractivity contribution in [2.24, 2.45) is 11.7 Å². The predicted molar refractivity (Wildman–Crippen MR) is 58.2 cm³/mol. The standard InChI is InChI=1S/C9H10BrNS/c10-7-2-1-6-4-12-5-9(11)8(6)3-7/h1-4,8-9H,5,11H2/t8-,9-/m1/s1. The lowest BCUT2D eigenvalue weighted by Crippen LogP contribution is -2.34. The van der Waals surface area contributed by atoms with Gasteiger partial charge in [-0.3, -0.25) is 0 Å². The maximum Gasteiger partial charge on any atom is 0.0239 e. The fourth-order valence-corrected chi connectivity index (χ4v) is 2.83. The van der Waals surface area contributed by atoms with Gasteiger partial charge in [-0.25, -0.2) is 0 Å². The third-order valence-electron chi connectivity index (χ3n) is 2.13. The van der Waals surface area contributed by atoms with Crippen LogP contribution in [0.1, 0.15) is 0 Å². The van der Waals surface area contributed by atoms with Crippen LogP contribution < -0.4 is 5.73 Å². The Morgan fingerprint density at radius 1 is 1.50 bits per heavy atom. The van der Waals surface area contributed by atoms with Gasteiger partial charge < -0.3 is 5.73 Å². The van der Waals surface area contributed by atoms with Crippen molar-refractivity contribution in [3.63, 3.8) is 0 Å². The molecule has 0 aromatic rings. The highest BCUT2D eigenvalue weighted by atomic mass is 79.9. The molecular weight excluding hydrogens is 234 g/mol. The van der Waals surface area contributed by atoms with Gasteiger partial charge in [0.05, 0.1) is 0 Å². The summed E-state index contributed by atoms with van der Waals surface area (Å²) in [6, 6.07) is 0.271. The first-order valence-electron chi connectivity index (χ1n) is 3.90. The Balaban J connectivity index is 2.32. The second-order valence-electron chi connectivity index (χ2n) is 3.03. The van der Waals surface area contributed by atoms with Crippen LogP contribution in [0.15, 0.2) is 33.7 Å². The fraction of sp³-hybridized carbons (Fsp3) is 0.333. The highest BCUT2D eigenvalue weighted by Crippen LogP contribution is 2.33. The van der Waals surface area contributed by atoms with Gasteiger partial charge in [-0.1, -0.05) is 28.1 Å². The lowest BCUT2D eigenvalue weighted by molar-refractivity contribution is 0.617. The molecule has 1 aliphatic carbocycles. The van der Waals surface area contributed by atoms with Crippen molar-refractivity contribution in [1.82, 2.24) is 0 Å². The summed E-state index contributed by atoms with van der Waals surface area (Å²) in [5, 5.41) is 2.21. The van der Waals surface area contributed by atoms with Crippen molar-refractivity contribution >= 4 is 27.7 Å². The molecule has 2 atom stereocenters. The summed E-state index contributed by atoms with van der Waals surface area (Å²) < 4.78 is 1.15. The average molecular weight is 244 g/mol. The highest BCUT2D eigenvalue weighted by molar-refractivity contribution is 9.11. The molecule has 2 aliphatic rings. The number of fused-ring (bicyclic) bond motifs is 1. The molecule has 1 aliphatic heterocycles. The minimum atomic E-state index is 0.271. The molecule has 12 heavy (non-hydrogen) atoms. The molecule has 1 nitrogen and oxygen atoms in total. The Morgan fingerprint density at radius 3 is 3.17 bits per heavy atom. The number of thioether (sulfide) groups is 1. The third-order valence-corrected chi connectivity index (χ3v) is 3.67. The predicted octanol–water partition coefficient (Wildman–Crippen LogP) is 2.41. The smallest absolute Gasteiger partial charge is 0.0239 e. The van der Waals surface area contributed by atoms with Crippen molar-refractivity contribution in [1.29, 1.82) is 0 Å². The molecular formula is C9H10BrNS. The van der Waals surface area contributed by atoms with Crippen molar-refractivity contribution in [2.45, 2.75) is 6.04 Å². The van der Waals surface area contributed by atoms with Crippen molar-refractivity contribution in [3.05, 3.63) is 33.7 Å². The summed E-state index contributed by atoms with van der Waals surface area (Å²) >= 11 is 5.27. The van der Waals surface area contributed by atoms with Crippen molar-refractivity contribution in [2.75, 3.05) is 5.75 Å². The summed E-state index contributed by atoms with van der Waals surface area (Å²) in [7, 11) is 0. The molecule has 2 rings (SSSR count). The first-order valence-corrected chi connectivity index (χ1v) is 5.74. The molecule has 0 fully saturated rings. The van der Waals surface area contributed by atoms with Crippen molar-refractivity contribution < 1.29 is 0 Å². The Hall–Kier alpha value is 0.01000. The van der Waals surface area contributed by atoms with Crippen LogP contribution in [0.2, 0.25) is 0 Å². The minimum Gasteiger partial charge on any atom is -0.326 e. The van der Waals surface area contributed by atoms with Crippen LogP contribution >= 0.6 is 27.7 Å². The van der Waals surface area contributed by atoms with E-state index in [4.69, 9.17) is 5.73 Å². The van der Waals surface area contributed by atoms with Gasteiger partial charge >= 0.3 is 0 Å². The summed E-state index contributed by atoms with van der Waals surface area (Å²) in [6.07, 6.45) is 6.40. The second kappa shape index (κ2) is 3.40. The highest BCUT2D eigenvalue weighted by Gasteiger charge is 2.23. The summed E-state index contributed by atoms with van der Waals surface area (Å²) in [6.45, 7) is 0. The summed E-state index contributed by atoms with van der Waals surface area (Å²) in [5.74, 6) is 1.45. The van der Waals surface area contributed by atoms with Crippen LogP contribution in [0.25, 0.3) is 0 Å². The number of halogens is 1. The van der Waals surface area contributed by atoms with E-state index in [1.807, 2.05) is 11.8 Å². The van der Waals surface area contributed by atoms with E-state index in [1.165, 1.54) is 5.57 Å². The van der Waals surface area contributed by atoms with Gasteiger partial charge in [0.15, 0.2) is 0 Å². The molecule has 1 heterocycles. The lowest BCUT2D eigenvalue weighted by atomic mass is 9.90. The number of hydrogen-bond donors (Lipinski definition) is 1. The van der Waals surface area contributed by atoms with Crippen LogP contribution in [0, 0.1) is 5.92 Å². The molecule has 0 bridgehead atoms. The number of nitrogens with two attached hydrogens (primary N) is 1. The monoisotopic (exact) mass is 243 g/mol. The second-order valence-corrected chi connectivity index (χ2v) is 4.84. The number of allylic oxidation sites excluding steroid dienone is 3. The zero-order valence-corrected chi connectivity index (χ0v) is 8.94. The fourth-order valence-electron chi connectivity index (χ4n) is 1.46. The molecule has 0 aromatic heterocycles. The number of hydrogen-bond acceptors (Lipinski definition) is 2. The zero-order valence-electron chi connectivity index (χ0n) is 6.53. The van der Waals surface area contributed by atoms with Crippen molar-refractivity contribution in [3.8, 4) is 0 Å². The minimum absolute atomic E-state index is 0.271. The quantitative estimate of drug-likeness (QED) is 0.708. The maximum absolute atomic E-state index is 5.99. The Morgan fingerprint density at radius 2 is 2.33 bits per heavy atom. The average Bonchev–Trinajstić information content (AvgIpc) is 2.07. The van der Waals surface area contributed by atoms with Gasteiger partial charge in [0, 0.05) is 22.2 Å². The van der Waals surface area contributed by atoms with E-state index < -0.39 is 0 Å². The van der Waals surface area contributed by atoms with Gasteiger partial charge in [0.2, 0.25) is 0 Å². The molecule has 0 radical (unpaired) electrons. The molecule has 0 unspecified atom stereocenters. The Bertz CT molecular complexity index is 277. The lowest BCUT2D eigenvalue weighted by Gasteiger charge is -2.27. The topological polar surface area (TPSA) is 26.0 Å². The Kier molecular flexibility index (Phi) is 2.44. The van der Waals surface area contributed by atoms with E-state index in [1.54, 1.807) is 0 Å². The van der Waals surface area contributed by atoms with E-state index in [9.17, 15) is 0 Å². The van der Waals surface area contributed by atoms with Gasteiger partial charge in [-0.05, 0) is 17.1 Å². The zero-order chi connectivity index (χ0) is 8.55. The maximum atomic E-state index is 5.99.